The van der Waals surface area contributed by atoms with E-state index in [0.29, 0.717) is 0 Å². The quantitative estimate of drug-likeness (QED) is 0.691. The van der Waals surface area contributed by atoms with Crippen LogP contribution < -0.4 is 0 Å². The lowest BCUT2D eigenvalue weighted by molar-refractivity contribution is -0.157. The van der Waals surface area contributed by atoms with Gasteiger partial charge in [0, 0.05) is 0 Å². The Morgan fingerprint density at radius 1 is 1.42 bits per heavy atom. The maximum Gasteiger partial charge on any atom is 0.309 e. The number of carbonyl (C=O) groups is 1. The molecule has 0 unspecified atom stereocenters. The predicted octanol–water partition coefficient (Wildman–Crippen LogP) is 2.68. The Bertz CT molecular complexity index is 185. The molecule has 12 heavy (non-hydrogen) atoms. The number of aliphatic carboxylic acids is 1. The molecule has 0 saturated heterocycles. The lowest BCUT2D eigenvalue weighted by Gasteiger charge is -2.41. The molecule has 1 N–H and O–H groups in total. The van der Waals surface area contributed by atoms with Gasteiger partial charge < -0.3 is 5.11 Å². The van der Waals surface area contributed by atoms with Gasteiger partial charge >= 0.3 is 5.97 Å². The summed E-state index contributed by atoms with van der Waals surface area (Å²) in [4.78, 5) is 11.0. The summed E-state index contributed by atoms with van der Waals surface area (Å²) in [5, 5.41) is 9.05. The third kappa shape index (κ3) is 1.79. The van der Waals surface area contributed by atoms with Crippen molar-refractivity contribution in [2.45, 2.75) is 46.5 Å². The van der Waals surface area contributed by atoms with Gasteiger partial charge in [-0.3, -0.25) is 4.79 Å². The largest absolute Gasteiger partial charge is 0.481 e. The van der Waals surface area contributed by atoms with Crippen molar-refractivity contribution >= 4 is 5.97 Å². The van der Waals surface area contributed by atoms with Crippen LogP contribution in [0.2, 0.25) is 0 Å². The van der Waals surface area contributed by atoms with Gasteiger partial charge in [-0.05, 0) is 24.7 Å². The molecule has 0 atom stereocenters. The van der Waals surface area contributed by atoms with Crippen LogP contribution in [0.4, 0.5) is 0 Å². The van der Waals surface area contributed by atoms with E-state index in [1.165, 1.54) is 0 Å². The molecular formula is C10H18O2. The summed E-state index contributed by atoms with van der Waals surface area (Å²) in [7, 11) is 0. The highest BCUT2D eigenvalue weighted by molar-refractivity contribution is 5.75. The molecule has 2 heteroatoms. The SMILES string of the molecule is CC(C)(C)CC1(C(=O)O)CCC1. The zero-order valence-electron chi connectivity index (χ0n) is 8.18. The number of carboxylic acid groups (broad SMARTS) is 1. The minimum absolute atomic E-state index is 0.138. The van der Waals surface area contributed by atoms with Crippen LogP contribution in [0.15, 0.2) is 0 Å². The summed E-state index contributed by atoms with van der Waals surface area (Å²) in [5.41, 5.74) is -0.239. The minimum Gasteiger partial charge on any atom is -0.481 e. The van der Waals surface area contributed by atoms with Crippen molar-refractivity contribution in [2.75, 3.05) is 0 Å². The van der Waals surface area contributed by atoms with Gasteiger partial charge in [-0.2, -0.15) is 0 Å². The van der Waals surface area contributed by atoms with Crippen LogP contribution in [0, 0.1) is 10.8 Å². The first-order chi connectivity index (χ1) is 5.36. The first kappa shape index (κ1) is 9.56. The van der Waals surface area contributed by atoms with E-state index in [9.17, 15) is 4.79 Å². The van der Waals surface area contributed by atoms with Gasteiger partial charge in [-0.1, -0.05) is 27.2 Å². The second-order valence-corrected chi connectivity index (χ2v) is 5.18. The Morgan fingerprint density at radius 2 is 1.92 bits per heavy atom. The lowest BCUT2D eigenvalue weighted by atomic mass is 9.62. The van der Waals surface area contributed by atoms with Crippen molar-refractivity contribution < 1.29 is 9.90 Å². The number of hydrogen-bond donors (Lipinski definition) is 1. The molecule has 0 radical (unpaired) electrons. The summed E-state index contributed by atoms with van der Waals surface area (Å²) < 4.78 is 0. The molecule has 1 fully saturated rings. The second kappa shape index (κ2) is 2.75. The summed E-state index contributed by atoms with van der Waals surface area (Å²) in [6.45, 7) is 6.32. The maximum atomic E-state index is 11.0. The van der Waals surface area contributed by atoms with Crippen LogP contribution >= 0.6 is 0 Å². The molecule has 1 aliphatic rings. The Balaban J connectivity index is 2.63. The Kier molecular flexibility index (Phi) is 2.19. The van der Waals surface area contributed by atoms with Gasteiger partial charge in [0.1, 0.15) is 0 Å². The minimum atomic E-state index is -0.594. The first-order valence-corrected chi connectivity index (χ1v) is 4.59. The summed E-state index contributed by atoms with van der Waals surface area (Å²) in [6.07, 6.45) is 3.65. The Morgan fingerprint density at radius 3 is 2.00 bits per heavy atom. The van der Waals surface area contributed by atoms with Gasteiger partial charge in [0.15, 0.2) is 0 Å². The van der Waals surface area contributed by atoms with E-state index in [-0.39, 0.29) is 10.8 Å². The molecule has 70 valence electrons. The normalized spacial score (nSPS) is 21.6. The van der Waals surface area contributed by atoms with Gasteiger partial charge in [-0.25, -0.2) is 0 Å². The van der Waals surface area contributed by atoms with Gasteiger partial charge in [-0.15, -0.1) is 0 Å². The summed E-state index contributed by atoms with van der Waals surface area (Å²) in [6, 6.07) is 0. The highest BCUT2D eigenvalue weighted by atomic mass is 16.4. The molecule has 0 bridgehead atoms. The van der Waals surface area contributed by atoms with Crippen molar-refractivity contribution in [3.63, 3.8) is 0 Å². The fourth-order valence-electron chi connectivity index (χ4n) is 2.08. The zero-order chi connectivity index (χ0) is 9.41. The van der Waals surface area contributed by atoms with Crippen LogP contribution in [0.25, 0.3) is 0 Å². The third-order valence-electron chi connectivity index (χ3n) is 2.63. The summed E-state index contributed by atoms with van der Waals surface area (Å²) >= 11 is 0. The molecule has 0 aromatic rings. The Labute approximate surface area is 74.0 Å². The number of carboxylic acids is 1. The smallest absolute Gasteiger partial charge is 0.309 e. The van der Waals surface area contributed by atoms with Crippen LogP contribution in [0.5, 0.6) is 0 Å². The highest BCUT2D eigenvalue weighted by Crippen LogP contribution is 2.48. The molecule has 0 amide bonds. The van der Waals surface area contributed by atoms with Crippen molar-refractivity contribution in [2.24, 2.45) is 10.8 Å². The van der Waals surface area contributed by atoms with E-state index in [2.05, 4.69) is 20.8 Å². The third-order valence-corrected chi connectivity index (χ3v) is 2.63. The monoisotopic (exact) mass is 170 g/mol. The van der Waals surface area contributed by atoms with Gasteiger partial charge in [0.2, 0.25) is 0 Å². The molecule has 1 rings (SSSR count). The fourth-order valence-corrected chi connectivity index (χ4v) is 2.08. The average Bonchev–Trinajstić information content (AvgIpc) is 1.75. The van der Waals surface area contributed by atoms with E-state index in [1.54, 1.807) is 0 Å². The number of rotatable bonds is 2. The number of hydrogen-bond acceptors (Lipinski definition) is 1. The molecule has 0 aliphatic heterocycles. The first-order valence-electron chi connectivity index (χ1n) is 4.59. The van der Waals surface area contributed by atoms with Crippen LogP contribution in [-0.4, -0.2) is 11.1 Å². The molecule has 0 aromatic carbocycles. The van der Waals surface area contributed by atoms with Crippen molar-refractivity contribution in [3.8, 4) is 0 Å². The van der Waals surface area contributed by atoms with Crippen LogP contribution in [-0.2, 0) is 4.79 Å². The van der Waals surface area contributed by atoms with E-state index in [4.69, 9.17) is 5.11 Å². The fraction of sp³-hybridized carbons (Fsp3) is 0.900. The molecule has 1 aliphatic carbocycles. The molecule has 1 saturated carbocycles. The van der Waals surface area contributed by atoms with Gasteiger partial charge in [0.05, 0.1) is 5.41 Å². The van der Waals surface area contributed by atoms with Gasteiger partial charge in [0.25, 0.3) is 0 Å². The second-order valence-electron chi connectivity index (χ2n) is 5.18. The molecule has 0 heterocycles. The van der Waals surface area contributed by atoms with Crippen LogP contribution in [0.1, 0.15) is 46.5 Å². The Hall–Kier alpha value is -0.530. The van der Waals surface area contributed by atoms with Crippen LogP contribution in [0.3, 0.4) is 0 Å². The summed E-state index contributed by atoms with van der Waals surface area (Å²) in [5.74, 6) is -0.594. The van der Waals surface area contributed by atoms with Crippen molar-refractivity contribution in [3.05, 3.63) is 0 Å². The average molecular weight is 170 g/mol. The molecular weight excluding hydrogens is 152 g/mol. The lowest BCUT2D eigenvalue weighted by Crippen LogP contribution is -2.40. The predicted molar refractivity (Wildman–Crippen MR) is 48.0 cm³/mol. The standard InChI is InChI=1S/C10H18O2/c1-9(2,3)7-10(8(11)12)5-4-6-10/h4-7H2,1-3H3,(H,11,12). The van der Waals surface area contributed by atoms with E-state index in [0.717, 1.165) is 25.7 Å². The zero-order valence-corrected chi connectivity index (χ0v) is 8.18. The topological polar surface area (TPSA) is 37.3 Å². The highest BCUT2D eigenvalue weighted by Gasteiger charge is 2.46. The van der Waals surface area contributed by atoms with E-state index in [1.807, 2.05) is 0 Å². The van der Waals surface area contributed by atoms with Crippen molar-refractivity contribution in [1.82, 2.24) is 0 Å². The maximum absolute atomic E-state index is 11.0. The molecule has 2 nitrogen and oxygen atoms in total. The van der Waals surface area contributed by atoms with E-state index >= 15 is 0 Å². The van der Waals surface area contributed by atoms with E-state index < -0.39 is 5.97 Å². The molecule has 0 aromatic heterocycles. The van der Waals surface area contributed by atoms with Crippen molar-refractivity contribution in [1.29, 1.82) is 0 Å². The molecule has 0 spiro atoms.